The van der Waals surface area contributed by atoms with Crippen molar-refractivity contribution in [3.05, 3.63) is 102 Å². The summed E-state index contributed by atoms with van der Waals surface area (Å²) in [5.41, 5.74) is 1.83. The molecule has 1 aliphatic carbocycles. The van der Waals surface area contributed by atoms with Crippen LogP contribution in [0.3, 0.4) is 0 Å². The number of pyridine rings is 1. The summed E-state index contributed by atoms with van der Waals surface area (Å²) in [7, 11) is 0. The van der Waals surface area contributed by atoms with Crippen molar-refractivity contribution < 1.29 is 13.2 Å². The molecule has 39 heavy (non-hydrogen) atoms. The van der Waals surface area contributed by atoms with Gasteiger partial charge in [-0.2, -0.15) is 13.2 Å². The predicted molar refractivity (Wildman–Crippen MR) is 155 cm³/mol. The Bertz CT molecular complexity index is 1880. The summed E-state index contributed by atoms with van der Waals surface area (Å²) in [6.07, 6.45) is 2.35. The Morgan fingerprint density at radius 1 is 0.641 bits per heavy atom. The molecule has 1 saturated carbocycles. The van der Waals surface area contributed by atoms with Gasteiger partial charge in [0.25, 0.3) is 0 Å². The van der Waals surface area contributed by atoms with E-state index in [1.807, 2.05) is 18.2 Å². The van der Waals surface area contributed by atoms with Crippen molar-refractivity contribution in [1.29, 1.82) is 0 Å². The molecule has 1 aromatic heterocycles. The molecule has 7 rings (SSSR count). The second kappa shape index (κ2) is 9.08. The number of hydrogen-bond donors (Lipinski definition) is 0. The number of aromatic nitrogens is 1. The molecule has 0 spiro atoms. The third-order valence-corrected chi connectivity index (χ3v) is 8.71. The highest BCUT2D eigenvalue weighted by Gasteiger charge is 2.33. The Hall–Kier alpha value is -3.92. The molecule has 5 aromatic carbocycles. The second-order valence-electron chi connectivity index (χ2n) is 11.2. The van der Waals surface area contributed by atoms with Crippen molar-refractivity contribution in [2.24, 2.45) is 5.92 Å². The quantitative estimate of drug-likeness (QED) is 0.207. The lowest BCUT2D eigenvalue weighted by molar-refractivity contribution is -0.136. The van der Waals surface area contributed by atoms with Crippen LogP contribution in [-0.2, 0) is 6.18 Å². The van der Waals surface area contributed by atoms with Gasteiger partial charge in [-0.3, -0.25) is 4.98 Å². The summed E-state index contributed by atoms with van der Waals surface area (Å²) in [5.74, 6) is 1.46. The average molecular weight is 520 g/mol. The molecular formula is C35H28F3N. The molecule has 0 bridgehead atoms. The third kappa shape index (κ3) is 4.14. The first-order valence-corrected chi connectivity index (χ1v) is 13.7. The molecule has 0 saturated heterocycles. The summed E-state index contributed by atoms with van der Waals surface area (Å²) in [6.45, 7) is 2.35. The summed E-state index contributed by atoms with van der Waals surface area (Å²) in [5, 5.41) is 7.26. The van der Waals surface area contributed by atoms with Crippen molar-refractivity contribution >= 4 is 43.1 Å². The molecule has 0 unspecified atom stereocenters. The molecular weight excluding hydrogens is 491 g/mol. The molecule has 0 radical (unpaired) electrons. The van der Waals surface area contributed by atoms with Crippen LogP contribution in [0.5, 0.6) is 0 Å². The molecule has 0 aliphatic heterocycles. The summed E-state index contributed by atoms with van der Waals surface area (Å²) in [6, 6.07) is 27.0. The second-order valence-corrected chi connectivity index (χ2v) is 11.2. The van der Waals surface area contributed by atoms with E-state index in [2.05, 4.69) is 48.3 Å². The van der Waals surface area contributed by atoms with Crippen LogP contribution in [0, 0.1) is 5.92 Å². The van der Waals surface area contributed by atoms with Gasteiger partial charge in [0.2, 0.25) is 0 Å². The van der Waals surface area contributed by atoms with Crippen LogP contribution in [-0.4, -0.2) is 4.98 Å². The fraction of sp³-hybridized carbons (Fsp3) is 0.229. The summed E-state index contributed by atoms with van der Waals surface area (Å²) in [4.78, 5) is 4.58. The Morgan fingerprint density at radius 2 is 1.31 bits per heavy atom. The number of fused-ring (bicyclic) bond motifs is 6. The zero-order valence-corrected chi connectivity index (χ0v) is 21.7. The van der Waals surface area contributed by atoms with E-state index in [9.17, 15) is 13.2 Å². The normalized spacial score (nSPS) is 18.4. The number of benzene rings is 5. The van der Waals surface area contributed by atoms with Crippen molar-refractivity contribution in [3.8, 4) is 11.3 Å². The van der Waals surface area contributed by atoms with Crippen LogP contribution in [0.4, 0.5) is 13.2 Å². The fourth-order valence-corrected chi connectivity index (χ4v) is 6.59. The van der Waals surface area contributed by atoms with Crippen LogP contribution in [0.25, 0.3) is 54.3 Å². The van der Waals surface area contributed by atoms with E-state index in [0.29, 0.717) is 22.6 Å². The maximum Gasteiger partial charge on any atom is 0.417 e. The molecule has 1 fully saturated rings. The van der Waals surface area contributed by atoms with E-state index in [-0.39, 0.29) is 5.39 Å². The topological polar surface area (TPSA) is 12.9 Å². The number of hydrogen-bond acceptors (Lipinski definition) is 1. The van der Waals surface area contributed by atoms with E-state index in [1.165, 1.54) is 54.2 Å². The van der Waals surface area contributed by atoms with E-state index in [0.717, 1.165) is 27.5 Å². The highest BCUT2D eigenvalue weighted by Crippen LogP contribution is 2.41. The number of halogens is 3. The van der Waals surface area contributed by atoms with Gasteiger partial charge >= 0.3 is 6.18 Å². The average Bonchev–Trinajstić information content (AvgIpc) is 2.95. The molecule has 0 amide bonds. The van der Waals surface area contributed by atoms with Gasteiger partial charge in [0, 0.05) is 17.1 Å². The van der Waals surface area contributed by atoms with E-state index < -0.39 is 11.7 Å². The van der Waals surface area contributed by atoms with Gasteiger partial charge in [0.15, 0.2) is 0 Å². The molecule has 1 aliphatic rings. The number of alkyl halides is 3. The van der Waals surface area contributed by atoms with Gasteiger partial charge in [0.05, 0.1) is 11.3 Å². The van der Waals surface area contributed by atoms with Crippen molar-refractivity contribution in [2.75, 3.05) is 0 Å². The SMILES string of the molecule is CC1CCC(c2ccc3c(ccc4c5ccnc(-c6cc(C(F)(F)F)c7ccccc7c6)c5ccc34)c2)CC1. The lowest BCUT2D eigenvalue weighted by Crippen LogP contribution is -2.10. The largest absolute Gasteiger partial charge is 0.417 e. The van der Waals surface area contributed by atoms with E-state index in [1.54, 1.807) is 24.4 Å². The minimum absolute atomic E-state index is 0.202. The Balaban J connectivity index is 1.38. The van der Waals surface area contributed by atoms with Gasteiger partial charge < -0.3 is 0 Å². The summed E-state index contributed by atoms with van der Waals surface area (Å²) < 4.78 is 42.1. The van der Waals surface area contributed by atoms with Gasteiger partial charge in [-0.05, 0) is 86.1 Å². The minimum Gasteiger partial charge on any atom is -0.256 e. The van der Waals surface area contributed by atoms with Crippen LogP contribution in [0.2, 0.25) is 0 Å². The number of nitrogens with zero attached hydrogens (tertiary/aromatic N) is 1. The predicted octanol–water partition coefficient (Wildman–Crippen LogP) is 10.7. The van der Waals surface area contributed by atoms with Crippen LogP contribution < -0.4 is 0 Å². The molecule has 194 valence electrons. The van der Waals surface area contributed by atoms with Crippen molar-refractivity contribution in [2.45, 2.75) is 44.7 Å². The van der Waals surface area contributed by atoms with E-state index in [4.69, 9.17) is 0 Å². The third-order valence-electron chi connectivity index (χ3n) is 8.71. The number of rotatable bonds is 2. The first-order chi connectivity index (χ1) is 18.9. The Morgan fingerprint density at radius 3 is 2.13 bits per heavy atom. The standard InChI is InChI=1S/C35H28F3N/c1-21-6-8-22(9-7-21)23-10-12-27-25(18-23)11-13-30-29(27)14-15-32-31(30)16-17-39-34(32)26-19-24-4-2-3-5-28(24)33(20-26)35(36,37)38/h2-5,10-22H,6-9H2,1H3. The van der Waals surface area contributed by atoms with Crippen molar-refractivity contribution in [1.82, 2.24) is 4.98 Å². The lowest BCUT2D eigenvalue weighted by Gasteiger charge is -2.26. The lowest BCUT2D eigenvalue weighted by atomic mass is 9.79. The molecule has 0 atom stereocenters. The fourth-order valence-electron chi connectivity index (χ4n) is 6.59. The van der Waals surface area contributed by atoms with Gasteiger partial charge in [-0.25, -0.2) is 0 Å². The zero-order valence-electron chi connectivity index (χ0n) is 21.7. The molecule has 1 nitrogen and oxygen atoms in total. The highest BCUT2D eigenvalue weighted by molar-refractivity contribution is 6.19. The van der Waals surface area contributed by atoms with Gasteiger partial charge in [0.1, 0.15) is 0 Å². The highest BCUT2D eigenvalue weighted by atomic mass is 19.4. The first-order valence-electron chi connectivity index (χ1n) is 13.7. The van der Waals surface area contributed by atoms with Gasteiger partial charge in [-0.15, -0.1) is 0 Å². The Labute approximate surface area is 225 Å². The molecule has 0 N–H and O–H groups in total. The minimum atomic E-state index is -4.46. The van der Waals surface area contributed by atoms with Crippen molar-refractivity contribution in [3.63, 3.8) is 0 Å². The first kappa shape index (κ1) is 24.1. The molecule has 6 aromatic rings. The maximum atomic E-state index is 14.0. The maximum absolute atomic E-state index is 14.0. The van der Waals surface area contributed by atoms with E-state index >= 15 is 0 Å². The molecule has 1 heterocycles. The van der Waals surface area contributed by atoms with Gasteiger partial charge in [-0.1, -0.05) is 86.5 Å². The molecule has 4 heteroatoms. The zero-order chi connectivity index (χ0) is 26.7. The van der Waals surface area contributed by atoms with Crippen LogP contribution in [0.1, 0.15) is 49.7 Å². The Kier molecular flexibility index (Phi) is 5.62. The summed E-state index contributed by atoms with van der Waals surface area (Å²) >= 11 is 0. The van der Waals surface area contributed by atoms with Crippen LogP contribution in [0.15, 0.2) is 91.1 Å². The van der Waals surface area contributed by atoms with Crippen LogP contribution >= 0.6 is 0 Å². The smallest absolute Gasteiger partial charge is 0.256 e. The monoisotopic (exact) mass is 519 g/mol.